The second kappa shape index (κ2) is 8.27. The van der Waals surface area contributed by atoms with Gasteiger partial charge < -0.3 is 15.1 Å². The Labute approximate surface area is 143 Å². The molecular formula is C14H23N7O2S. The molecule has 1 unspecified atom stereocenters. The largest absolute Gasteiger partial charge is 0.548 e. The Balaban J connectivity index is 1.39. The number of aromatic nitrogens is 4. The van der Waals surface area contributed by atoms with Crippen LogP contribution in [0.1, 0.15) is 31.2 Å². The van der Waals surface area contributed by atoms with E-state index in [0.717, 1.165) is 19.6 Å². The van der Waals surface area contributed by atoms with Gasteiger partial charge in [-0.25, -0.2) is 0 Å². The Bertz CT molecular complexity index is 702. The molecule has 1 atom stereocenters. The van der Waals surface area contributed by atoms with Crippen molar-refractivity contribution < 1.29 is 9.39 Å². The van der Waals surface area contributed by atoms with Crippen molar-refractivity contribution in [1.82, 2.24) is 23.6 Å². The summed E-state index contributed by atoms with van der Waals surface area (Å²) in [6, 6.07) is 0. The molecule has 1 aliphatic rings. The summed E-state index contributed by atoms with van der Waals surface area (Å²) in [6.07, 6.45) is 8.38. The Hall–Kier alpha value is -1.91. The van der Waals surface area contributed by atoms with Crippen LogP contribution in [0.3, 0.4) is 0 Å². The van der Waals surface area contributed by atoms with Crippen molar-refractivity contribution in [3.8, 4) is 0 Å². The van der Waals surface area contributed by atoms with Crippen molar-refractivity contribution in [3.05, 3.63) is 23.4 Å². The van der Waals surface area contributed by atoms with Gasteiger partial charge in [0.1, 0.15) is 6.61 Å². The molecule has 1 aliphatic heterocycles. The monoisotopic (exact) mass is 353 g/mol. The molecule has 3 heterocycles. The number of nitrogens with one attached hydrogen (secondary N) is 1. The van der Waals surface area contributed by atoms with Gasteiger partial charge in [0.05, 0.1) is 12.4 Å². The average Bonchev–Trinajstić information content (AvgIpc) is 3.14. The summed E-state index contributed by atoms with van der Waals surface area (Å²) in [5.41, 5.74) is 7.12. The first-order valence-corrected chi connectivity index (χ1v) is 9.28. The van der Waals surface area contributed by atoms with E-state index in [1.54, 1.807) is 0 Å². The molecule has 132 valence electrons. The highest BCUT2D eigenvalue weighted by Crippen LogP contribution is 2.12. The van der Waals surface area contributed by atoms with Gasteiger partial charge in [0.15, 0.2) is 11.1 Å². The molecule has 10 heteroatoms. The van der Waals surface area contributed by atoms with Crippen LogP contribution in [-0.2, 0) is 6.54 Å². The van der Waals surface area contributed by atoms with E-state index < -0.39 is 11.1 Å². The van der Waals surface area contributed by atoms with Crippen LogP contribution in [0.2, 0.25) is 0 Å². The lowest BCUT2D eigenvalue weighted by molar-refractivity contribution is 0.0813. The van der Waals surface area contributed by atoms with Gasteiger partial charge in [0, 0.05) is 29.4 Å². The van der Waals surface area contributed by atoms with Gasteiger partial charge in [-0.2, -0.15) is 0 Å². The Kier molecular flexibility index (Phi) is 5.83. The third-order valence-electron chi connectivity index (χ3n) is 3.87. The SMILES string of the molecule is Nc1n[s+]([O-])[nH]c1=NCCCOn1cc(CN2CCCCC2)cn1. The number of anilines is 1. The lowest BCUT2D eigenvalue weighted by Gasteiger charge is -2.25. The van der Waals surface area contributed by atoms with E-state index in [4.69, 9.17) is 10.6 Å². The number of nitrogen functional groups attached to an aromatic ring is 1. The molecule has 2 aromatic heterocycles. The molecule has 0 bridgehead atoms. The van der Waals surface area contributed by atoms with Crippen molar-refractivity contribution in [3.63, 3.8) is 0 Å². The van der Waals surface area contributed by atoms with Crippen LogP contribution in [0.5, 0.6) is 0 Å². The quantitative estimate of drug-likeness (QED) is 0.546. The molecule has 0 saturated carbocycles. The average molecular weight is 353 g/mol. The highest BCUT2D eigenvalue weighted by atomic mass is 32.2. The summed E-state index contributed by atoms with van der Waals surface area (Å²) in [5.74, 6) is 0.184. The normalized spacial score (nSPS) is 17.4. The van der Waals surface area contributed by atoms with E-state index in [9.17, 15) is 4.55 Å². The first-order chi connectivity index (χ1) is 11.7. The summed E-state index contributed by atoms with van der Waals surface area (Å²) in [4.78, 5) is 13.7. The summed E-state index contributed by atoms with van der Waals surface area (Å²) in [7, 11) is 0. The molecule has 1 fully saturated rings. The van der Waals surface area contributed by atoms with Crippen molar-refractivity contribution in [2.75, 3.05) is 32.0 Å². The number of piperidine rings is 1. The van der Waals surface area contributed by atoms with E-state index in [0.29, 0.717) is 25.1 Å². The summed E-state index contributed by atoms with van der Waals surface area (Å²) in [6.45, 7) is 4.26. The van der Waals surface area contributed by atoms with Crippen LogP contribution < -0.4 is 16.1 Å². The van der Waals surface area contributed by atoms with E-state index >= 15 is 0 Å². The van der Waals surface area contributed by atoms with E-state index in [1.807, 2.05) is 12.4 Å². The van der Waals surface area contributed by atoms with Crippen LogP contribution in [0, 0.1) is 0 Å². The molecule has 0 radical (unpaired) electrons. The van der Waals surface area contributed by atoms with Gasteiger partial charge in [0.25, 0.3) is 0 Å². The maximum absolute atomic E-state index is 11.1. The minimum atomic E-state index is -1.49. The first-order valence-electron chi connectivity index (χ1n) is 8.17. The zero-order valence-corrected chi connectivity index (χ0v) is 14.4. The molecular weight excluding hydrogens is 330 g/mol. The Morgan fingerprint density at radius 3 is 2.96 bits per heavy atom. The fraction of sp³-hybridized carbons (Fsp3) is 0.643. The van der Waals surface area contributed by atoms with Gasteiger partial charge in [-0.15, -0.1) is 14.3 Å². The maximum Gasteiger partial charge on any atom is 0.229 e. The molecule has 0 spiro atoms. The smallest absolute Gasteiger partial charge is 0.229 e. The standard InChI is InChI=1S/C14H23N7O2S/c15-13-14(19-24(22)18-13)16-5-4-8-23-21-11-12(9-17-21)10-20-6-2-1-3-7-20/h9,11H,1-8,10H2,(H2,15,18)(H,16,19). The molecule has 2 aromatic rings. The number of rotatable bonds is 7. The Morgan fingerprint density at radius 1 is 1.38 bits per heavy atom. The number of nitrogens with two attached hydrogens (primary N) is 1. The number of H-pyrrole nitrogens is 1. The van der Waals surface area contributed by atoms with Gasteiger partial charge in [-0.05, 0) is 25.9 Å². The van der Waals surface area contributed by atoms with Crippen LogP contribution in [0.25, 0.3) is 0 Å². The first kappa shape index (κ1) is 16.9. The molecule has 3 rings (SSSR count). The minimum Gasteiger partial charge on any atom is -0.548 e. The van der Waals surface area contributed by atoms with E-state index in [2.05, 4.69) is 23.7 Å². The molecule has 3 N–H and O–H groups in total. The molecule has 24 heavy (non-hydrogen) atoms. The highest BCUT2D eigenvalue weighted by molar-refractivity contribution is 7.13. The van der Waals surface area contributed by atoms with Crippen molar-refractivity contribution >= 4 is 17.0 Å². The number of hydrogen-bond acceptors (Lipinski definition) is 7. The van der Waals surface area contributed by atoms with Crippen LogP contribution >= 0.6 is 11.1 Å². The fourth-order valence-corrected chi connectivity index (χ4v) is 3.33. The van der Waals surface area contributed by atoms with Crippen LogP contribution in [0.4, 0.5) is 5.82 Å². The van der Waals surface area contributed by atoms with E-state index in [-0.39, 0.29) is 5.82 Å². The third-order valence-corrected chi connectivity index (χ3v) is 4.60. The van der Waals surface area contributed by atoms with Crippen LogP contribution in [-0.4, -0.2) is 54.4 Å². The predicted octanol–water partition coefficient (Wildman–Crippen LogP) is 0.321. The van der Waals surface area contributed by atoms with Crippen molar-refractivity contribution in [2.24, 2.45) is 4.99 Å². The molecule has 0 aliphatic carbocycles. The number of aromatic amines is 1. The predicted molar refractivity (Wildman–Crippen MR) is 89.5 cm³/mol. The third kappa shape index (κ3) is 4.79. The van der Waals surface area contributed by atoms with E-state index in [1.165, 1.54) is 29.7 Å². The summed E-state index contributed by atoms with van der Waals surface area (Å²) < 4.78 is 17.3. The molecule has 1 saturated heterocycles. The lowest BCUT2D eigenvalue weighted by atomic mass is 10.1. The van der Waals surface area contributed by atoms with Gasteiger partial charge in [-0.1, -0.05) is 6.42 Å². The fourth-order valence-electron chi connectivity index (χ4n) is 2.68. The van der Waals surface area contributed by atoms with Gasteiger partial charge >= 0.3 is 0 Å². The molecule has 0 amide bonds. The molecule has 9 nitrogen and oxygen atoms in total. The van der Waals surface area contributed by atoms with Gasteiger partial charge in [0.2, 0.25) is 11.3 Å². The van der Waals surface area contributed by atoms with Crippen molar-refractivity contribution in [2.45, 2.75) is 32.2 Å². The minimum absolute atomic E-state index is 0.184. The lowest BCUT2D eigenvalue weighted by Crippen LogP contribution is -2.28. The Morgan fingerprint density at radius 2 is 2.21 bits per heavy atom. The zero-order valence-electron chi connectivity index (χ0n) is 13.6. The second-order valence-corrected chi connectivity index (χ2v) is 6.72. The number of likely N-dealkylation sites (tertiary alicyclic amines) is 1. The zero-order chi connectivity index (χ0) is 16.8. The van der Waals surface area contributed by atoms with Crippen molar-refractivity contribution in [1.29, 1.82) is 0 Å². The number of hydrogen-bond donors (Lipinski definition) is 2. The summed E-state index contributed by atoms with van der Waals surface area (Å²) in [5, 5.41) is 4.22. The second-order valence-electron chi connectivity index (χ2n) is 5.83. The van der Waals surface area contributed by atoms with Gasteiger partial charge in [-0.3, -0.25) is 9.89 Å². The highest BCUT2D eigenvalue weighted by Gasteiger charge is 2.11. The maximum atomic E-state index is 11.1. The van der Waals surface area contributed by atoms with Crippen LogP contribution in [0.15, 0.2) is 17.4 Å². The molecule has 0 aromatic carbocycles. The topological polar surface area (TPSA) is 120 Å². The number of nitrogens with zero attached hydrogens (tertiary/aromatic N) is 5. The summed E-state index contributed by atoms with van der Waals surface area (Å²) >= 11 is -1.49.